The van der Waals surface area contributed by atoms with Crippen molar-refractivity contribution in [3.63, 3.8) is 0 Å². The van der Waals surface area contributed by atoms with Crippen molar-refractivity contribution in [3.8, 4) is 36.0 Å². The van der Waals surface area contributed by atoms with Crippen LogP contribution in [0.1, 0.15) is 256 Å². The molecule has 5 aromatic carbocycles. The molecule has 0 spiro atoms. The van der Waals surface area contributed by atoms with Crippen LogP contribution in [0.25, 0.3) is 0 Å². The minimum absolute atomic E-state index is 0. The number of aliphatic hydroxyl groups is 6. The van der Waals surface area contributed by atoms with Crippen LogP contribution in [0.2, 0.25) is 0 Å². The first-order valence-electron chi connectivity index (χ1n) is 42.5. The standard InChI is InChI=1S/C20H25F3O4S.C17H29NO3S.C17H25NO3S.C11H10BrF3O3S.C11H10BrF3OS.C9H16O.2C2H6O.C2H6.CH2O3.CH4.2K.H/c1-3-11-19(25,12-4-2)13-10-16-7-5-8-17(15-16)28(26,27)14-6-9-18(24)20(21,22)23;2*1-3-9-17(19,10-4-2)11-8-15-6-5-7-16(14-15)22(20,21)13-12-18;12-8-3-1-4-9(7-8)19(17,18)6-2-5-10(16)11(13,14)15;12-8-3-1-4-9(7-8)17-6-2-5-10(16)11(13,14)15;1-4-7-9(10,6-3)8-5-2;2*1-2-3;1-2;2-1-4-3;;;;/h5,7-8,15,25H,3-4,6,9,11-12,14H2,1-2H3;5-7,14,19H,3-4,8-13,18H2,1-2H3;5-7,14,19H,3-4,9-10,12-13,18H2,1-2H3;1,3-4,7H,2,5-6H2;1,3-4,7H,2,5-6H2;3,10H,4-5,7-8H2,1-2H3;2*3H,2H2,1H3;1-2H3;1,3H;1H4;;;/q;;;;;;;;;;;2*+1;-1/p-1. The fourth-order valence-corrected chi connectivity index (χ4v) is 18.4. The number of halogens is 11. The van der Waals surface area contributed by atoms with E-state index in [1.54, 1.807) is 62.4 Å². The molecule has 10 N–H and O–H groups in total. The maximum atomic E-state index is 12.3. The summed E-state index contributed by atoms with van der Waals surface area (Å²) < 4.78 is 206. The molecule has 0 heterocycles. The van der Waals surface area contributed by atoms with E-state index in [0.717, 1.165) is 92.0 Å². The van der Waals surface area contributed by atoms with Crippen molar-refractivity contribution >= 4 is 107 Å². The third-order valence-corrected chi connectivity index (χ3v) is 26.4. The monoisotopic (exact) mass is 2170 g/mol. The molecule has 0 fully saturated rings. The second-order valence-electron chi connectivity index (χ2n) is 28.7. The third kappa shape index (κ3) is 70.0. The van der Waals surface area contributed by atoms with Crippen molar-refractivity contribution < 1.29 is 237 Å². The maximum absolute atomic E-state index is 12.3. The van der Waals surface area contributed by atoms with Gasteiger partial charge in [-0.3, -0.25) is 19.2 Å². The Kier molecular flexibility index (Phi) is 86.4. The zero-order chi connectivity index (χ0) is 101. The number of benzene rings is 5. The van der Waals surface area contributed by atoms with Crippen LogP contribution in [0.15, 0.2) is 155 Å². The van der Waals surface area contributed by atoms with Crippen molar-refractivity contribution in [2.45, 2.75) is 310 Å². The third-order valence-electron chi connectivity index (χ3n) is 17.2. The topological polar surface area (TPSA) is 411 Å². The quantitative estimate of drug-likeness (QED) is 0.00263. The summed E-state index contributed by atoms with van der Waals surface area (Å²) in [6.07, 6.45) is 1.49. The van der Waals surface area contributed by atoms with Gasteiger partial charge in [0.05, 0.1) is 48.2 Å². The number of thioether (sulfide) groups is 1. The number of carbonyl (C=O) groups excluding carboxylic acids is 4. The van der Waals surface area contributed by atoms with Gasteiger partial charge in [0.2, 0.25) is 17.3 Å². The molecule has 0 saturated heterocycles. The number of terminal acetylenes is 1. The van der Waals surface area contributed by atoms with E-state index in [2.05, 4.69) is 80.2 Å². The van der Waals surface area contributed by atoms with Gasteiger partial charge in [0, 0.05) is 70.5 Å². The molecule has 0 amide bonds. The number of sulfone groups is 4. The van der Waals surface area contributed by atoms with E-state index in [9.17, 15) is 108 Å². The van der Waals surface area contributed by atoms with Crippen LogP contribution in [0.4, 0.5) is 39.5 Å². The van der Waals surface area contributed by atoms with E-state index in [1.165, 1.54) is 54.2 Å². The van der Waals surface area contributed by atoms with Gasteiger partial charge in [-0.05, 0) is 194 Å². The van der Waals surface area contributed by atoms with Gasteiger partial charge < -0.3 is 53.7 Å². The predicted molar refractivity (Wildman–Crippen MR) is 507 cm³/mol. The van der Waals surface area contributed by atoms with Gasteiger partial charge >= 0.3 is 121 Å². The molecule has 0 aromatic heterocycles. The van der Waals surface area contributed by atoms with E-state index in [1.807, 2.05) is 85.7 Å². The Morgan fingerprint density at radius 1 is 0.459 bits per heavy atom. The Bertz CT molecular complexity index is 4670. The van der Waals surface area contributed by atoms with Crippen LogP contribution in [-0.2, 0) is 69.8 Å². The van der Waals surface area contributed by atoms with Crippen molar-refractivity contribution in [3.05, 3.63) is 147 Å². The first-order chi connectivity index (χ1) is 60.6. The summed E-state index contributed by atoms with van der Waals surface area (Å²) in [5.74, 6) is 7.69. The van der Waals surface area contributed by atoms with Crippen LogP contribution in [-0.4, -0.2) is 184 Å². The number of hydrogen-bond acceptors (Lipinski definition) is 23. The number of nitrogens with two attached hydrogens (primary N) is 2. The number of alkyl halides is 9. The number of hydrogen-bond donors (Lipinski definition) is 8. The maximum Gasteiger partial charge on any atom is 1.00 e. The number of rotatable bonds is 41. The number of aryl methyl sites for hydroxylation is 1. The number of carbonyl (C=O) groups is 4. The van der Waals surface area contributed by atoms with E-state index >= 15 is 0 Å². The molecule has 0 saturated carbocycles. The van der Waals surface area contributed by atoms with Crippen LogP contribution >= 0.6 is 43.6 Å². The van der Waals surface area contributed by atoms with Crippen molar-refractivity contribution in [2.75, 3.05) is 55.1 Å². The van der Waals surface area contributed by atoms with Gasteiger partial charge in [0.1, 0.15) is 16.8 Å². The summed E-state index contributed by atoms with van der Waals surface area (Å²) in [6, 6.07) is 32.6. The van der Waals surface area contributed by atoms with E-state index in [0.29, 0.717) is 64.8 Å². The molecule has 0 aliphatic carbocycles. The number of Topliss-reactive ketones (excluding diaryl/α,β-unsaturated/α-hetero) is 3. The van der Waals surface area contributed by atoms with Gasteiger partial charge in [0.15, 0.2) is 39.3 Å². The second kappa shape index (κ2) is 79.2. The molecule has 750 valence electrons. The summed E-state index contributed by atoms with van der Waals surface area (Å²) in [6.45, 7) is 23.9. The van der Waals surface area contributed by atoms with Crippen LogP contribution in [0, 0.1) is 36.0 Å². The average molecular weight is 2170 g/mol. The van der Waals surface area contributed by atoms with Crippen LogP contribution in [0.3, 0.4) is 0 Å². The van der Waals surface area contributed by atoms with Crippen molar-refractivity contribution in [1.29, 1.82) is 0 Å². The first kappa shape index (κ1) is 145. The molecule has 5 rings (SSSR count). The molecule has 133 heavy (non-hydrogen) atoms. The molecule has 0 bridgehead atoms. The molecule has 0 radical (unpaired) electrons. The number of aliphatic hydroxyl groups excluding tert-OH is 2. The van der Waals surface area contributed by atoms with E-state index in [4.69, 9.17) is 38.2 Å². The van der Waals surface area contributed by atoms with E-state index < -0.39 is 135 Å². The molecule has 40 heteroatoms. The minimum Gasteiger partial charge on any atom is -1.00 e. The van der Waals surface area contributed by atoms with Crippen LogP contribution < -0.4 is 119 Å². The van der Waals surface area contributed by atoms with E-state index in [-0.39, 0.29) is 183 Å². The summed E-state index contributed by atoms with van der Waals surface area (Å²) in [5, 5.41) is 64.8. The van der Waals surface area contributed by atoms with Crippen LogP contribution in [0.5, 0.6) is 0 Å². The van der Waals surface area contributed by atoms with Gasteiger partial charge in [-0.1, -0.05) is 226 Å². The molecule has 0 atom stereocenters. The van der Waals surface area contributed by atoms with Crippen molar-refractivity contribution in [2.24, 2.45) is 11.5 Å². The SMILES string of the molecule is C.C#CC(O)(CCC)CCC.CC.CCCC(O)(C#Cc1cccc(S(=O)(=O)CCCC(=O)C(F)(F)F)c1)CCC.CCCC(O)(C#Cc1cccc(S(=O)(=O)CCN)c1)CCC.CCCC(O)(CCC)CCc1cccc(S(=O)(=O)CCN)c1.CCO.CCO.O=C(CCCS(=O)(=O)c1cccc(Br)c1)C(F)(F)F.O=C(CCCSc1cccc(Br)c1)C(F)(F)F.O=CO[O-].[H-].[K+].[K+]. The largest absolute Gasteiger partial charge is 1.00 e. The summed E-state index contributed by atoms with van der Waals surface area (Å²) >= 11 is 7.85. The minimum atomic E-state index is -4.95. The van der Waals surface area contributed by atoms with Gasteiger partial charge in [-0.15, -0.1) is 18.2 Å². The Hall–Kier alpha value is -3.35. The molecule has 0 unspecified atom stereocenters. The Labute approximate surface area is 893 Å². The van der Waals surface area contributed by atoms with Gasteiger partial charge in [-0.2, -0.15) is 39.5 Å². The second-order valence-corrected chi connectivity index (χ2v) is 40.1. The molecule has 0 aliphatic rings. The fraction of sp³-hybridized carbons (Fsp3) is 0.570. The normalized spacial score (nSPS) is 11.2. The van der Waals surface area contributed by atoms with Gasteiger partial charge in [0.25, 0.3) is 6.47 Å². The molecule has 5 aromatic rings. The zero-order valence-electron chi connectivity index (χ0n) is 79.3. The summed E-state index contributed by atoms with van der Waals surface area (Å²) in [7, 11) is -14.2. The average Bonchev–Trinajstić information content (AvgIpc) is 0.847. The first-order valence-corrected chi connectivity index (χ1v) is 51.7. The van der Waals surface area contributed by atoms with Gasteiger partial charge in [-0.25, -0.2) is 33.7 Å². The zero-order valence-corrected chi connectivity index (χ0v) is 91.8. The number of ketones is 3. The Morgan fingerprint density at radius 2 is 0.744 bits per heavy atom. The Balaban J connectivity index is -0.000000197. The molecule has 0 aliphatic heterocycles. The van der Waals surface area contributed by atoms with Crippen molar-refractivity contribution in [1.82, 2.24) is 0 Å². The molecule has 22 nitrogen and oxygen atoms in total. The molecular formula is C93H139Br2F9K2N2O20S5. The Morgan fingerprint density at radius 3 is 1.05 bits per heavy atom. The summed E-state index contributed by atoms with van der Waals surface area (Å²) in [4.78, 5) is 44.8. The smallest absolute Gasteiger partial charge is 1.00 e. The summed E-state index contributed by atoms with van der Waals surface area (Å²) in [5.41, 5.74) is 8.99. The molecular weight excluding hydrogens is 2030 g/mol. The predicted octanol–water partition coefficient (Wildman–Crippen LogP) is 12.6. The fourth-order valence-electron chi connectivity index (χ4n) is 11.4.